The van der Waals surface area contributed by atoms with Crippen LogP contribution in [0.2, 0.25) is 0 Å². The van der Waals surface area contributed by atoms with Crippen molar-refractivity contribution in [2.24, 2.45) is 5.16 Å². The molecule has 0 spiro atoms. The molecule has 1 unspecified atom stereocenters. The fourth-order valence-electron chi connectivity index (χ4n) is 2.78. The van der Waals surface area contributed by atoms with Gasteiger partial charge in [-0.3, -0.25) is 14.5 Å². The SMILES string of the molecule is CC(C)(C)OC(=O)CON=C(C(=O)NC1C(=O)N2C(C(=O)O)=CCS[C@@H]12)c1nsc(N)n1. The molecular formula is C17H20N6O7S2. The highest BCUT2D eigenvalue weighted by Gasteiger charge is 2.53. The lowest BCUT2D eigenvalue weighted by molar-refractivity contribution is -0.160. The summed E-state index contributed by atoms with van der Waals surface area (Å²) in [6, 6.07) is -0.984. The van der Waals surface area contributed by atoms with Crippen LogP contribution in [0.1, 0.15) is 26.6 Å². The molecule has 2 aliphatic heterocycles. The van der Waals surface area contributed by atoms with Crippen LogP contribution in [-0.4, -0.2) is 78.2 Å². The molecule has 32 heavy (non-hydrogen) atoms. The van der Waals surface area contributed by atoms with Gasteiger partial charge in [0.15, 0.2) is 5.13 Å². The molecule has 13 nitrogen and oxygen atoms in total. The average molecular weight is 485 g/mol. The van der Waals surface area contributed by atoms with Gasteiger partial charge in [-0.05, 0) is 26.8 Å². The van der Waals surface area contributed by atoms with Crippen molar-refractivity contribution in [1.29, 1.82) is 0 Å². The van der Waals surface area contributed by atoms with E-state index >= 15 is 0 Å². The fourth-order valence-corrected chi connectivity index (χ4v) is 4.41. The summed E-state index contributed by atoms with van der Waals surface area (Å²) >= 11 is 2.11. The number of carboxylic acid groups (broad SMARTS) is 1. The zero-order valence-corrected chi connectivity index (χ0v) is 18.9. The van der Waals surface area contributed by atoms with Gasteiger partial charge in [0.2, 0.25) is 18.1 Å². The number of oxime groups is 1. The van der Waals surface area contributed by atoms with E-state index in [0.29, 0.717) is 5.75 Å². The first-order chi connectivity index (χ1) is 15.0. The Morgan fingerprint density at radius 2 is 2.12 bits per heavy atom. The summed E-state index contributed by atoms with van der Waals surface area (Å²) in [6.07, 6.45) is 1.43. The first-order valence-electron chi connectivity index (χ1n) is 9.18. The minimum atomic E-state index is -1.23. The molecule has 0 bridgehead atoms. The maximum atomic E-state index is 12.8. The molecule has 3 heterocycles. The molecule has 0 radical (unpaired) electrons. The number of fused-ring (bicyclic) bond motifs is 1. The second-order valence-corrected chi connectivity index (χ2v) is 9.47. The number of rotatable bonds is 7. The van der Waals surface area contributed by atoms with Gasteiger partial charge in [0.25, 0.3) is 11.8 Å². The topological polar surface area (TPSA) is 186 Å². The van der Waals surface area contributed by atoms with E-state index in [4.69, 9.17) is 15.3 Å². The van der Waals surface area contributed by atoms with Crippen LogP contribution in [0.3, 0.4) is 0 Å². The van der Waals surface area contributed by atoms with Crippen LogP contribution in [-0.2, 0) is 28.8 Å². The van der Waals surface area contributed by atoms with Gasteiger partial charge in [-0.2, -0.15) is 9.36 Å². The lowest BCUT2D eigenvalue weighted by Gasteiger charge is -2.48. The molecule has 172 valence electrons. The standard InChI is InChI=1S/C17H20N6O7S2/c1-17(2,3)30-8(24)6-29-21-9(11-20-16(18)32-22-11)12(25)19-10-13(26)23-7(15(27)28)4-5-31-14(10)23/h4,10,14H,5-6H2,1-3H3,(H,19,25)(H,27,28)(H2,18,20,22)/t10?,14-/m0/s1. The maximum Gasteiger partial charge on any atom is 0.352 e. The number of nitrogens with zero attached hydrogens (tertiary/aromatic N) is 4. The zero-order chi connectivity index (χ0) is 23.6. The second-order valence-electron chi connectivity index (χ2n) is 7.53. The summed E-state index contributed by atoms with van der Waals surface area (Å²) < 4.78 is 9.01. The average Bonchev–Trinajstić information content (AvgIpc) is 3.12. The van der Waals surface area contributed by atoms with Gasteiger partial charge in [-0.15, -0.1) is 11.8 Å². The number of aliphatic carboxylic acids is 1. The molecule has 4 N–H and O–H groups in total. The number of nitrogens with one attached hydrogen (secondary N) is 1. The van der Waals surface area contributed by atoms with Gasteiger partial charge in [-0.1, -0.05) is 5.16 Å². The molecule has 1 aromatic heterocycles. The third-order valence-electron chi connectivity index (χ3n) is 3.98. The number of carbonyl (C=O) groups is 4. The van der Waals surface area contributed by atoms with E-state index in [9.17, 15) is 24.3 Å². The smallest absolute Gasteiger partial charge is 0.352 e. The van der Waals surface area contributed by atoms with E-state index in [2.05, 4.69) is 19.8 Å². The number of β-lactam (4-membered cyclic amide) rings is 1. The number of hydrogen-bond acceptors (Lipinski definition) is 12. The van der Waals surface area contributed by atoms with Crippen LogP contribution in [0.25, 0.3) is 0 Å². The largest absolute Gasteiger partial charge is 0.477 e. The summed E-state index contributed by atoms with van der Waals surface area (Å²) in [7, 11) is 0. The predicted molar refractivity (Wildman–Crippen MR) is 113 cm³/mol. The highest BCUT2D eigenvalue weighted by Crippen LogP contribution is 2.37. The number of esters is 1. The number of nitrogen functional groups attached to an aromatic ring is 1. The van der Waals surface area contributed by atoms with Crippen LogP contribution < -0.4 is 11.1 Å². The van der Waals surface area contributed by atoms with Gasteiger partial charge in [0, 0.05) is 17.3 Å². The Balaban J connectivity index is 1.71. The third kappa shape index (κ3) is 5.16. The van der Waals surface area contributed by atoms with Crippen LogP contribution >= 0.6 is 23.3 Å². The summed E-state index contributed by atoms with van der Waals surface area (Å²) in [6.45, 7) is 4.47. The number of hydrogen-bond donors (Lipinski definition) is 3. The van der Waals surface area contributed by atoms with Gasteiger partial charge >= 0.3 is 11.9 Å². The number of anilines is 1. The number of carboxylic acids is 1. The highest BCUT2D eigenvalue weighted by atomic mass is 32.2. The molecule has 2 atom stereocenters. The molecule has 3 rings (SSSR count). The van der Waals surface area contributed by atoms with Crippen LogP contribution in [0.4, 0.5) is 5.13 Å². The van der Waals surface area contributed by atoms with E-state index in [1.54, 1.807) is 20.8 Å². The van der Waals surface area contributed by atoms with Crippen LogP contribution in [0, 0.1) is 0 Å². The van der Waals surface area contributed by atoms with Crippen molar-refractivity contribution in [3.8, 4) is 0 Å². The monoisotopic (exact) mass is 484 g/mol. The molecule has 0 aliphatic carbocycles. The predicted octanol–water partition coefficient (Wildman–Crippen LogP) is -0.449. The molecule has 0 aromatic carbocycles. The van der Waals surface area contributed by atoms with E-state index in [-0.39, 0.29) is 16.7 Å². The Hall–Kier alpha value is -3.20. The number of carbonyl (C=O) groups excluding carboxylic acids is 3. The molecule has 2 aliphatic rings. The summed E-state index contributed by atoms with van der Waals surface area (Å²) in [4.78, 5) is 58.3. The number of ether oxygens (including phenoxy) is 1. The lowest BCUT2D eigenvalue weighted by Crippen LogP contribution is -2.70. The summed E-state index contributed by atoms with van der Waals surface area (Å²) in [5.41, 5.74) is 4.31. The number of thioether (sulfide) groups is 1. The maximum absolute atomic E-state index is 12.8. The highest BCUT2D eigenvalue weighted by molar-refractivity contribution is 8.00. The minimum Gasteiger partial charge on any atom is -0.477 e. The molecular weight excluding hydrogens is 464 g/mol. The van der Waals surface area contributed by atoms with Crippen molar-refractivity contribution in [2.75, 3.05) is 18.1 Å². The van der Waals surface area contributed by atoms with Gasteiger partial charge in [0.05, 0.1) is 0 Å². The molecule has 2 amide bonds. The third-order valence-corrected chi connectivity index (χ3v) is 5.71. The summed E-state index contributed by atoms with van der Waals surface area (Å²) in [5.74, 6) is -3.15. The minimum absolute atomic E-state index is 0.0672. The number of nitrogens with two attached hydrogens (primary N) is 1. The Morgan fingerprint density at radius 3 is 2.72 bits per heavy atom. The van der Waals surface area contributed by atoms with Gasteiger partial charge < -0.3 is 25.7 Å². The Kier molecular flexibility index (Phi) is 6.68. The van der Waals surface area contributed by atoms with Crippen molar-refractivity contribution in [3.05, 3.63) is 17.6 Å². The molecule has 15 heteroatoms. The van der Waals surface area contributed by atoms with Crippen molar-refractivity contribution in [1.82, 2.24) is 19.6 Å². The lowest BCUT2D eigenvalue weighted by atomic mass is 10.0. The molecule has 1 aromatic rings. The molecule has 1 saturated heterocycles. The normalized spacial score (nSPS) is 20.6. The quantitative estimate of drug-likeness (QED) is 0.197. The first-order valence-corrected chi connectivity index (χ1v) is 11.0. The van der Waals surface area contributed by atoms with Crippen molar-refractivity contribution < 1.29 is 33.9 Å². The first kappa shape index (κ1) is 23.5. The number of amides is 2. The Labute approximate surface area is 190 Å². The second kappa shape index (κ2) is 9.12. The van der Waals surface area contributed by atoms with Crippen molar-refractivity contribution in [2.45, 2.75) is 37.8 Å². The van der Waals surface area contributed by atoms with Gasteiger partial charge in [-0.25, -0.2) is 9.59 Å². The van der Waals surface area contributed by atoms with Gasteiger partial charge in [0.1, 0.15) is 22.7 Å². The van der Waals surface area contributed by atoms with E-state index < -0.39 is 53.1 Å². The van der Waals surface area contributed by atoms with E-state index in [0.717, 1.165) is 16.4 Å². The molecule has 0 saturated carbocycles. The fraction of sp³-hybridized carbons (Fsp3) is 0.471. The van der Waals surface area contributed by atoms with Crippen molar-refractivity contribution >= 4 is 57.9 Å². The Morgan fingerprint density at radius 1 is 1.41 bits per heavy atom. The Bertz CT molecular complexity index is 1020. The summed E-state index contributed by atoms with van der Waals surface area (Å²) in [5, 5.41) is 14.9. The van der Waals surface area contributed by atoms with Crippen LogP contribution in [0.15, 0.2) is 16.9 Å². The van der Waals surface area contributed by atoms with Crippen molar-refractivity contribution in [3.63, 3.8) is 0 Å². The van der Waals surface area contributed by atoms with E-state index in [1.807, 2.05) is 0 Å². The number of aromatic nitrogens is 2. The molecule has 1 fully saturated rings. The van der Waals surface area contributed by atoms with Crippen LogP contribution in [0.5, 0.6) is 0 Å². The van der Waals surface area contributed by atoms with E-state index in [1.165, 1.54) is 17.8 Å². The zero-order valence-electron chi connectivity index (χ0n) is 17.2.